The number of hydrogen-bond donors (Lipinski definition) is 0. The van der Waals surface area contributed by atoms with Crippen molar-refractivity contribution in [3.05, 3.63) is 36.5 Å². The van der Waals surface area contributed by atoms with Crippen LogP contribution in [0.4, 0.5) is 0 Å². The van der Waals surface area contributed by atoms with E-state index in [9.17, 15) is 9.59 Å². The summed E-state index contributed by atoms with van der Waals surface area (Å²) in [6, 6.07) is 0. The van der Waals surface area contributed by atoms with Gasteiger partial charge in [-0.3, -0.25) is 9.59 Å². The normalized spacial score (nSPS) is 12.3. The van der Waals surface area contributed by atoms with E-state index < -0.39 is 6.10 Å². The Morgan fingerprint density at radius 3 is 1.01 bits per heavy atom. The molecule has 0 aromatic carbocycles. The summed E-state index contributed by atoms with van der Waals surface area (Å²) in [6.07, 6.45) is 73.1. The van der Waals surface area contributed by atoms with Gasteiger partial charge in [0.2, 0.25) is 0 Å². The van der Waals surface area contributed by atoms with Gasteiger partial charge in [-0.25, -0.2) is 0 Å². The van der Waals surface area contributed by atoms with E-state index in [0.717, 1.165) is 51.4 Å². The Morgan fingerprint density at radius 1 is 0.324 bits per heavy atom. The van der Waals surface area contributed by atoms with Crippen molar-refractivity contribution in [2.45, 2.75) is 335 Å². The van der Waals surface area contributed by atoms with E-state index in [4.69, 9.17) is 14.2 Å². The smallest absolute Gasteiger partial charge is 0.306 e. The summed E-state index contributed by atoms with van der Waals surface area (Å²) in [7, 11) is 0. The highest BCUT2D eigenvalue weighted by molar-refractivity contribution is 5.70. The zero-order valence-electron chi connectivity index (χ0n) is 46.1. The zero-order chi connectivity index (χ0) is 49.2. The molecule has 0 spiro atoms. The molecule has 400 valence electrons. The highest BCUT2D eigenvalue weighted by Crippen LogP contribution is 2.17. The number of ether oxygens (including phenoxy) is 3. The van der Waals surface area contributed by atoms with Gasteiger partial charge in [-0.05, 0) is 77.0 Å². The van der Waals surface area contributed by atoms with E-state index in [0.29, 0.717) is 19.4 Å². The zero-order valence-corrected chi connectivity index (χ0v) is 46.1. The Bertz CT molecular complexity index is 1080. The van der Waals surface area contributed by atoms with Gasteiger partial charge in [-0.2, -0.15) is 0 Å². The standard InChI is InChI=1S/C63H118O5/c1-4-7-10-13-16-19-22-25-28-30-31-32-33-34-36-39-42-45-48-51-54-57-63(65)68-61(59-66-58-55-52-49-46-43-40-37-29-26-23-20-17-14-11-8-5-2)60-67-62(64)56-53-50-47-44-41-38-35-27-24-21-18-15-12-9-6-3/h18,21,25,27-28,35,61H,4-17,19-20,22-24,26,29-34,36-60H2,1-3H3/b21-18-,28-25-,35-27-/t61-/m1/s1. The molecule has 0 saturated carbocycles. The third-order valence-electron chi connectivity index (χ3n) is 13.6. The fourth-order valence-electron chi connectivity index (χ4n) is 9.07. The first kappa shape index (κ1) is 66.1. The number of esters is 2. The second-order valence-corrected chi connectivity index (χ2v) is 20.6. The Morgan fingerprint density at radius 2 is 0.618 bits per heavy atom. The van der Waals surface area contributed by atoms with Gasteiger partial charge in [0.25, 0.3) is 0 Å². The molecule has 0 aliphatic carbocycles. The van der Waals surface area contributed by atoms with Crippen LogP contribution in [-0.4, -0.2) is 37.9 Å². The van der Waals surface area contributed by atoms with Crippen molar-refractivity contribution in [1.82, 2.24) is 0 Å². The number of hydrogen-bond acceptors (Lipinski definition) is 5. The SMILES string of the molecule is CCCCC/C=C\C/C=C\CCCCCCCC(=O)OC[C@@H](COCCCCCCCCCCCCCCCCCC)OC(=O)CCCCCCCCCCCCC/C=C\CCCCCCCC. The first-order valence-electron chi connectivity index (χ1n) is 30.5. The molecular formula is C63H118O5. The van der Waals surface area contributed by atoms with Crippen LogP contribution in [0.2, 0.25) is 0 Å². The van der Waals surface area contributed by atoms with E-state index in [1.165, 1.54) is 244 Å². The monoisotopic (exact) mass is 955 g/mol. The molecule has 0 saturated heterocycles. The molecule has 0 aromatic heterocycles. The summed E-state index contributed by atoms with van der Waals surface area (Å²) >= 11 is 0. The van der Waals surface area contributed by atoms with Crippen molar-refractivity contribution in [3.8, 4) is 0 Å². The highest BCUT2D eigenvalue weighted by Gasteiger charge is 2.17. The number of carbonyl (C=O) groups is 2. The summed E-state index contributed by atoms with van der Waals surface area (Å²) < 4.78 is 17.5. The van der Waals surface area contributed by atoms with E-state index >= 15 is 0 Å². The van der Waals surface area contributed by atoms with Crippen LogP contribution in [0.1, 0.15) is 329 Å². The van der Waals surface area contributed by atoms with Crippen LogP contribution in [0.25, 0.3) is 0 Å². The van der Waals surface area contributed by atoms with E-state index in [1.807, 2.05) is 0 Å². The van der Waals surface area contributed by atoms with Crippen molar-refractivity contribution in [2.24, 2.45) is 0 Å². The molecule has 5 nitrogen and oxygen atoms in total. The lowest BCUT2D eigenvalue weighted by Gasteiger charge is -2.18. The third-order valence-corrected chi connectivity index (χ3v) is 13.6. The van der Waals surface area contributed by atoms with Crippen LogP contribution in [0.15, 0.2) is 36.5 Å². The summed E-state index contributed by atoms with van der Waals surface area (Å²) in [5.74, 6) is -0.393. The first-order valence-corrected chi connectivity index (χ1v) is 30.5. The molecule has 0 N–H and O–H groups in total. The minimum Gasteiger partial charge on any atom is -0.462 e. The van der Waals surface area contributed by atoms with Crippen molar-refractivity contribution >= 4 is 11.9 Å². The van der Waals surface area contributed by atoms with Crippen molar-refractivity contribution in [3.63, 3.8) is 0 Å². The van der Waals surface area contributed by atoms with E-state index in [-0.39, 0.29) is 25.2 Å². The van der Waals surface area contributed by atoms with Crippen molar-refractivity contribution in [1.29, 1.82) is 0 Å². The number of carbonyl (C=O) groups excluding carboxylic acids is 2. The molecule has 1 atom stereocenters. The van der Waals surface area contributed by atoms with Gasteiger partial charge < -0.3 is 14.2 Å². The van der Waals surface area contributed by atoms with Gasteiger partial charge in [-0.1, -0.05) is 276 Å². The second kappa shape index (κ2) is 59.4. The number of allylic oxidation sites excluding steroid dienone is 6. The van der Waals surface area contributed by atoms with Crippen LogP contribution in [0.3, 0.4) is 0 Å². The maximum Gasteiger partial charge on any atom is 0.306 e. The van der Waals surface area contributed by atoms with Crippen molar-refractivity contribution in [2.75, 3.05) is 19.8 Å². The van der Waals surface area contributed by atoms with Crippen LogP contribution in [-0.2, 0) is 23.8 Å². The van der Waals surface area contributed by atoms with Crippen molar-refractivity contribution < 1.29 is 23.8 Å². The van der Waals surface area contributed by atoms with Crippen LogP contribution < -0.4 is 0 Å². The molecule has 0 heterocycles. The lowest BCUT2D eigenvalue weighted by molar-refractivity contribution is -0.163. The Hall–Kier alpha value is -1.88. The minimum atomic E-state index is -0.538. The van der Waals surface area contributed by atoms with E-state index in [2.05, 4.69) is 57.2 Å². The number of unbranched alkanes of at least 4 members (excludes halogenated alkanes) is 40. The van der Waals surface area contributed by atoms with Crippen LogP contribution in [0.5, 0.6) is 0 Å². The van der Waals surface area contributed by atoms with Crippen LogP contribution >= 0.6 is 0 Å². The van der Waals surface area contributed by atoms with Gasteiger partial charge >= 0.3 is 11.9 Å². The molecule has 0 radical (unpaired) electrons. The molecule has 0 aliphatic heterocycles. The lowest BCUT2D eigenvalue weighted by Crippen LogP contribution is -2.30. The Kier molecular flexibility index (Phi) is 57.8. The predicted molar refractivity (Wildman–Crippen MR) is 298 cm³/mol. The molecule has 68 heavy (non-hydrogen) atoms. The average molecular weight is 956 g/mol. The fraction of sp³-hybridized carbons (Fsp3) is 0.873. The molecule has 0 fully saturated rings. The molecule has 0 unspecified atom stereocenters. The van der Waals surface area contributed by atoms with Gasteiger partial charge in [0.1, 0.15) is 6.61 Å². The van der Waals surface area contributed by atoms with E-state index in [1.54, 1.807) is 0 Å². The molecule has 0 aliphatic rings. The summed E-state index contributed by atoms with van der Waals surface area (Å²) in [5, 5.41) is 0. The van der Waals surface area contributed by atoms with Gasteiger partial charge in [0.15, 0.2) is 6.10 Å². The minimum absolute atomic E-state index is 0.0835. The average Bonchev–Trinajstić information content (AvgIpc) is 3.34. The van der Waals surface area contributed by atoms with Gasteiger partial charge in [0, 0.05) is 19.4 Å². The third kappa shape index (κ3) is 56.7. The molecule has 0 amide bonds. The summed E-state index contributed by atoms with van der Waals surface area (Å²) in [5.41, 5.74) is 0. The quantitative estimate of drug-likeness (QED) is 0.0345. The van der Waals surface area contributed by atoms with Gasteiger partial charge in [0.05, 0.1) is 6.61 Å². The lowest BCUT2D eigenvalue weighted by atomic mass is 10.0. The van der Waals surface area contributed by atoms with Crippen LogP contribution in [0, 0.1) is 0 Å². The molecule has 0 bridgehead atoms. The largest absolute Gasteiger partial charge is 0.462 e. The van der Waals surface area contributed by atoms with Gasteiger partial charge in [-0.15, -0.1) is 0 Å². The molecule has 0 aromatic rings. The summed E-state index contributed by atoms with van der Waals surface area (Å²) in [4.78, 5) is 25.6. The maximum absolute atomic E-state index is 12.9. The number of rotatable bonds is 57. The fourth-order valence-corrected chi connectivity index (χ4v) is 9.07. The predicted octanol–water partition coefficient (Wildman–Crippen LogP) is 20.9. The second-order valence-electron chi connectivity index (χ2n) is 20.6. The maximum atomic E-state index is 12.9. The molecule has 5 heteroatoms. The molecular weight excluding hydrogens is 837 g/mol. The first-order chi connectivity index (χ1) is 33.6. The molecule has 0 rings (SSSR count). The Labute approximate surface area is 425 Å². The topological polar surface area (TPSA) is 61.8 Å². The highest BCUT2D eigenvalue weighted by atomic mass is 16.6. The Balaban J connectivity index is 4.23. The summed E-state index contributed by atoms with van der Waals surface area (Å²) in [6.45, 7) is 7.85.